The van der Waals surface area contributed by atoms with E-state index < -0.39 is 5.60 Å². The quantitative estimate of drug-likeness (QED) is 0.515. The zero-order valence-corrected chi connectivity index (χ0v) is 19.7. The van der Waals surface area contributed by atoms with E-state index in [2.05, 4.69) is 33.8 Å². The molecule has 8 atom stereocenters. The van der Waals surface area contributed by atoms with E-state index in [4.69, 9.17) is 0 Å². The standard InChI is InChI=1S/C27H46O2/c1-18(2)9-8-15-27(5,29)24-23(28)17-22-20-12-11-19-10-6-7-14-25(19,3)21(20)13-16-26(22,24)4/h11,18,20-24,28-29H,6-10,12-17H2,1-5H3/t20-,21+,22+,23+,24+,25+,26+,27+/m1/s1. The summed E-state index contributed by atoms with van der Waals surface area (Å²) in [6.45, 7) is 11.5. The molecule has 0 aromatic rings. The van der Waals surface area contributed by atoms with Crippen molar-refractivity contribution in [1.29, 1.82) is 0 Å². The first-order valence-electron chi connectivity index (χ1n) is 12.7. The van der Waals surface area contributed by atoms with Crippen LogP contribution in [-0.4, -0.2) is 21.9 Å². The van der Waals surface area contributed by atoms with E-state index in [-0.39, 0.29) is 17.4 Å². The number of hydrogen-bond donors (Lipinski definition) is 2. The van der Waals surface area contributed by atoms with Crippen molar-refractivity contribution < 1.29 is 10.2 Å². The molecule has 0 aromatic carbocycles. The molecule has 4 aliphatic rings. The number of rotatable bonds is 5. The summed E-state index contributed by atoms with van der Waals surface area (Å²) in [5.74, 6) is 2.76. The summed E-state index contributed by atoms with van der Waals surface area (Å²) < 4.78 is 0. The molecule has 166 valence electrons. The molecule has 0 saturated heterocycles. The predicted octanol–water partition coefficient (Wildman–Crippen LogP) is 6.50. The number of aliphatic hydroxyl groups excluding tert-OH is 1. The van der Waals surface area contributed by atoms with Crippen LogP contribution in [0.5, 0.6) is 0 Å². The lowest BCUT2D eigenvalue weighted by atomic mass is 9.47. The van der Waals surface area contributed by atoms with Crippen LogP contribution in [0.25, 0.3) is 0 Å². The van der Waals surface area contributed by atoms with Gasteiger partial charge >= 0.3 is 0 Å². The number of fused-ring (bicyclic) bond motifs is 5. The van der Waals surface area contributed by atoms with Crippen molar-refractivity contribution >= 4 is 0 Å². The van der Waals surface area contributed by atoms with E-state index in [1.165, 1.54) is 44.9 Å². The summed E-state index contributed by atoms with van der Waals surface area (Å²) in [4.78, 5) is 0. The van der Waals surface area contributed by atoms with Crippen molar-refractivity contribution in [2.45, 2.75) is 117 Å². The molecule has 2 N–H and O–H groups in total. The van der Waals surface area contributed by atoms with Gasteiger partial charge in [-0.3, -0.25) is 0 Å². The minimum absolute atomic E-state index is 0.0256. The van der Waals surface area contributed by atoms with Crippen molar-refractivity contribution in [3.8, 4) is 0 Å². The molecule has 3 saturated carbocycles. The third-order valence-corrected chi connectivity index (χ3v) is 10.2. The zero-order valence-electron chi connectivity index (χ0n) is 19.7. The predicted molar refractivity (Wildman–Crippen MR) is 121 cm³/mol. The van der Waals surface area contributed by atoms with Crippen molar-refractivity contribution in [3.05, 3.63) is 11.6 Å². The highest BCUT2D eigenvalue weighted by Gasteiger charge is 2.63. The Balaban J connectivity index is 1.57. The molecule has 0 radical (unpaired) electrons. The van der Waals surface area contributed by atoms with Crippen LogP contribution in [0, 0.1) is 40.4 Å². The normalized spacial score (nSPS) is 46.5. The maximum absolute atomic E-state index is 11.6. The summed E-state index contributed by atoms with van der Waals surface area (Å²) >= 11 is 0. The molecule has 4 rings (SSSR count). The summed E-state index contributed by atoms with van der Waals surface area (Å²) in [6, 6.07) is 0. The van der Waals surface area contributed by atoms with Crippen LogP contribution in [0.15, 0.2) is 11.6 Å². The fourth-order valence-corrected chi connectivity index (χ4v) is 8.86. The second-order valence-corrected chi connectivity index (χ2v) is 12.4. The lowest BCUT2D eigenvalue weighted by Gasteiger charge is -2.58. The van der Waals surface area contributed by atoms with E-state index >= 15 is 0 Å². The Kier molecular flexibility index (Phi) is 5.78. The Bertz CT molecular complexity index is 634. The molecule has 3 fully saturated rings. The minimum atomic E-state index is -0.755. The molecule has 0 amide bonds. The molecule has 2 nitrogen and oxygen atoms in total. The molecule has 0 heterocycles. The maximum Gasteiger partial charge on any atom is 0.0677 e. The average molecular weight is 403 g/mol. The van der Waals surface area contributed by atoms with Crippen LogP contribution in [0.4, 0.5) is 0 Å². The molecule has 0 unspecified atom stereocenters. The molecule has 0 aliphatic heterocycles. The molecule has 0 spiro atoms. The van der Waals surface area contributed by atoms with Gasteiger partial charge in [0.15, 0.2) is 0 Å². The highest BCUT2D eigenvalue weighted by molar-refractivity contribution is 5.25. The van der Waals surface area contributed by atoms with Gasteiger partial charge in [0.05, 0.1) is 11.7 Å². The minimum Gasteiger partial charge on any atom is -0.393 e. The Hall–Kier alpha value is -0.340. The lowest BCUT2D eigenvalue weighted by molar-refractivity contribution is -0.122. The third kappa shape index (κ3) is 3.55. The summed E-state index contributed by atoms with van der Waals surface area (Å²) in [5.41, 5.74) is 1.49. The van der Waals surface area contributed by atoms with Crippen LogP contribution in [-0.2, 0) is 0 Å². The van der Waals surface area contributed by atoms with Crippen LogP contribution >= 0.6 is 0 Å². The van der Waals surface area contributed by atoms with Crippen LogP contribution in [0.2, 0.25) is 0 Å². The average Bonchev–Trinajstić information content (AvgIpc) is 2.91. The van der Waals surface area contributed by atoms with Gasteiger partial charge in [-0.05, 0) is 92.8 Å². The molecule has 4 aliphatic carbocycles. The first-order valence-corrected chi connectivity index (χ1v) is 12.7. The number of allylic oxidation sites excluding steroid dienone is 2. The van der Waals surface area contributed by atoms with Crippen molar-refractivity contribution in [2.24, 2.45) is 40.4 Å². The second-order valence-electron chi connectivity index (χ2n) is 12.4. The molecule has 0 bridgehead atoms. The van der Waals surface area contributed by atoms with Crippen molar-refractivity contribution in [2.75, 3.05) is 0 Å². The van der Waals surface area contributed by atoms with E-state index in [0.717, 1.165) is 31.6 Å². The highest BCUT2D eigenvalue weighted by Crippen LogP contribution is 2.67. The molecule has 0 aromatic heterocycles. The Morgan fingerprint density at radius 2 is 1.93 bits per heavy atom. The fourth-order valence-electron chi connectivity index (χ4n) is 8.86. The van der Waals surface area contributed by atoms with Gasteiger partial charge in [0.2, 0.25) is 0 Å². The van der Waals surface area contributed by atoms with Crippen LogP contribution in [0.3, 0.4) is 0 Å². The monoisotopic (exact) mass is 402 g/mol. The van der Waals surface area contributed by atoms with Crippen LogP contribution < -0.4 is 0 Å². The largest absolute Gasteiger partial charge is 0.393 e. The van der Waals surface area contributed by atoms with Gasteiger partial charge in [-0.1, -0.05) is 58.6 Å². The Morgan fingerprint density at radius 3 is 2.66 bits per heavy atom. The van der Waals surface area contributed by atoms with Crippen LogP contribution in [0.1, 0.15) is 105 Å². The topological polar surface area (TPSA) is 40.5 Å². The third-order valence-electron chi connectivity index (χ3n) is 10.2. The first kappa shape index (κ1) is 21.9. The summed E-state index contributed by atoms with van der Waals surface area (Å²) in [6.07, 6.45) is 15.3. The van der Waals surface area contributed by atoms with Gasteiger partial charge < -0.3 is 10.2 Å². The van der Waals surface area contributed by atoms with E-state index in [9.17, 15) is 10.2 Å². The van der Waals surface area contributed by atoms with Gasteiger partial charge in [0.25, 0.3) is 0 Å². The van der Waals surface area contributed by atoms with Crippen molar-refractivity contribution in [3.63, 3.8) is 0 Å². The zero-order chi connectivity index (χ0) is 21.0. The summed E-state index contributed by atoms with van der Waals surface area (Å²) in [5, 5.41) is 22.8. The second kappa shape index (κ2) is 7.66. The van der Waals surface area contributed by atoms with E-state index in [1.807, 2.05) is 6.92 Å². The first-order chi connectivity index (χ1) is 13.6. The Labute approximate surface area is 179 Å². The highest BCUT2D eigenvalue weighted by atomic mass is 16.3. The summed E-state index contributed by atoms with van der Waals surface area (Å²) in [7, 11) is 0. The fraction of sp³-hybridized carbons (Fsp3) is 0.926. The molecular formula is C27H46O2. The van der Waals surface area contributed by atoms with Gasteiger partial charge in [0.1, 0.15) is 0 Å². The number of hydrogen-bond acceptors (Lipinski definition) is 2. The molecule has 2 heteroatoms. The molecular weight excluding hydrogens is 356 g/mol. The number of aliphatic hydroxyl groups is 2. The maximum atomic E-state index is 11.6. The van der Waals surface area contributed by atoms with Gasteiger partial charge in [0, 0.05) is 5.92 Å². The smallest absolute Gasteiger partial charge is 0.0677 e. The Morgan fingerprint density at radius 1 is 1.17 bits per heavy atom. The van der Waals surface area contributed by atoms with Gasteiger partial charge in [-0.2, -0.15) is 0 Å². The van der Waals surface area contributed by atoms with E-state index in [0.29, 0.717) is 23.2 Å². The SMILES string of the molecule is CC(C)CCC[C@](C)(O)[C@H]1[C@@H](O)C[C@H]2[C@@H]3CC=C4CCCC[C@]4(C)[C@H]3CC[C@@]21C. The lowest BCUT2D eigenvalue weighted by Crippen LogP contribution is -2.53. The molecule has 29 heavy (non-hydrogen) atoms. The van der Waals surface area contributed by atoms with Gasteiger partial charge in [-0.25, -0.2) is 0 Å². The van der Waals surface area contributed by atoms with Crippen molar-refractivity contribution in [1.82, 2.24) is 0 Å². The van der Waals surface area contributed by atoms with E-state index in [1.54, 1.807) is 5.57 Å². The van der Waals surface area contributed by atoms with Gasteiger partial charge in [-0.15, -0.1) is 0 Å².